The highest BCUT2D eigenvalue weighted by Crippen LogP contribution is 2.24. The molecule has 1 aromatic rings. The number of nitrogens with zero attached hydrogens (tertiary/aromatic N) is 2. The molecule has 0 aliphatic heterocycles. The van der Waals surface area contributed by atoms with Gasteiger partial charge in [-0.1, -0.05) is 18.2 Å². The van der Waals surface area contributed by atoms with Crippen LogP contribution in [-0.2, 0) is 0 Å². The lowest BCUT2D eigenvalue weighted by Crippen LogP contribution is -1.97. The first-order chi connectivity index (χ1) is 6.16. The Hall–Kier alpha value is -1.89. The van der Waals surface area contributed by atoms with Crippen molar-refractivity contribution in [2.45, 2.75) is 12.8 Å². The van der Waals surface area contributed by atoms with Crippen molar-refractivity contribution in [3.63, 3.8) is 0 Å². The van der Waals surface area contributed by atoms with Gasteiger partial charge in [0.15, 0.2) is 0 Å². The molecule has 0 aromatic heterocycles. The molecule has 0 saturated heterocycles. The summed E-state index contributed by atoms with van der Waals surface area (Å²) >= 11 is 0. The molecule has 0 N–H and O–H groups in total. The second-order valence-corrected chi connectivity index (χ2v) is 2.67. The minimum atomic E-state index is -0.469. The number of hydrogen-bond donors (Lipinski definition) is 0. The zero-order valence-electron chi connectivity index (χ0n) is 7.10. The van der Waals surface area contributed by atoms with E-state index < -0.39 is 10.8 Å². The molecule has 4 nitrogen and oxygen atoms in total. The van der Waals surface area contributed by atoms with Crippen LogP contribution < -0.4 is 0 Å². The number of nitro groups is 1. The van der Waals surface area contributed by atoms with Gasteiger partial charge in [0.2, 0.25) is 0 Å². The van der Waals surface area contributed by atoms with E-state index in [1.807, 2.05) is 6.07 Å². The number of para-hydroxylation sites is 1. The molecule has 0 saturated carbocycles. The zero-order chi connectivity index (χ0) is 9.84. The van der Waals surface area contributed by atoms with Crippen LogP contribution in [0.2, 0.25) is 0 Å². The van der Waals surface area contributed by atoms with E-state index in [-0.39, 0.29) is 5.69 Å². The fraction of sp³-hybridized carbons (Fsp3) is 0.222. The molecule has 13 heavy (non-hydrogen) atoms. The maximum atomic E-state index is 10.5. The Morgan fingerprint density at radius 1 is 1.54 bits per heavy atom. The van der Waals surface area contributed by atoms with E-state index in [1.54, 1.807) is 25.1 Å². The Labute approximate surface area is 75.6 Å². The summed E-state index contributed by atoms with van der Waals surface area (Å²) < 4.78 is 0. The number of benzene rings is 1. The topological polar surface area (TPSA) is 66.9 Å². The molecule has 0 spiro atoms. The van der Waals surface area contributed by atoms with Crippen molar-refractivity contribution in [2.24, 2.45) is 0 Å². The van der Waals surface area contributed by atoms with E-state index >= 15 is 0 Å². The summed E-state index contributed by atoms with van der Waals surface area (Å²) in [4.78, 5) is 10.1. The molecule has 0 fully saturated rings. The number of nitriles is 1. The predicted octanol–water partition coefficient (Wildman–Crippen LogP) is 2.22. The second-order valence-electron chi connectivity index (χ2n) is 2.67. The Morgan fingerprint density at radius 2 is 2.15 bits per heavy atom. The molecular weight excluding hydrogens is 168 g/mol. The van der Waals surface area contributed by atoms with Gasteiger partial charge in [0, 0.05) is 11.6 Å². The van der Waals surface area contributed by atoms with Gasteiger partial charge in [0.05, 0.1) is 16.9 Å². The third kappa shape index (κ3) is 1.82. The normalized spacial score (nSPS) is 11.7. The van der Waals surface area contributed by atoms with Crippen molar-refractivity contribution in [1.82, 2.24) is 0 Å². The van der Waals surface area contributed by atoms with E-state index in [0.29, 0.717) is 5.56 Å². The maximum absolute atomic E-state index is 10.5. The van der Waals surface area contributed by atoms with Gasteiger partial charge < -0.3 is 0 Å². The van der Waals surface area contributed by atoms with Crippen LogP contribution in [0.4, 0.5) is 5.69 Å². The van der Waals surface area contributed by atoms with Crippen molar-refractivity contribution in [3.05, 3.63) is 39.9 Å². The Balaban J connectivity index is 3.21. The molecule has 4 heteroatoms. The third-order valence-corrected chi connectivity index (χ3v) is 1.79. The number of rotatable bonds is 2. The van der Waals surface area contributed by atoms with Gasteiger partial charge in [0.1, 0.15) is 0 Å². The Bertz CT molecular complexity index is 368. The number of hydrogen-bond acceptors (Lipinski definition) is 3. The highest BCUT2D eigenvalue weighted by molar-refractivity contribution is 5.43. The number of nitro benzene ring substituents is 1. The van der Waals surface area contributed by atoms with E-state index in [1.165, 1.54) is 6.07 Å². The summed E-state index contributed by atoms with van der Waals surface area (Å²) in [5, 5.41) is 19.2. The second kappa shape index (κ2) is 3.68. The van der Waals surface area contributed by atoms with E-state index in [4.69, 9.17) is 5.26 Å². The minimum absolute atomic E-state index is 0.0107. The molecule has 0 aliphatic carbocycles. The van der Waals surface area contributed by atoms with Crippen LogP contribution in [0.5, 0.6) is 0 Å². The summed E-state index contributed by atoms with van der Waals surface area (Å²) in [6, 6.07) is 8.26. The van der Waals surface area contributed by atoms with Crippen LogP contribution in [0.25, 0.3) is 0 Å². The van der Waals surface area contributed by atoms with Crippen molar-refractivity contribution in [2.75, 3.05) is 0 Å². The molecule has 1 rings (SSSR count). The maximum Gasteiger partial charge on any atom is 0.273 e. The summed E-state index contributed by atoms with van der Waals surface area (Å²) in [6.07, 6.45) is 0. The van der Waals surface area contributed by atoms with Gasteiger partial charge in [-0.15, -0.1) is 0 Å². The highest BCUT2D eigenvalue weighted by Gasteiger charge is 2.16. The minimum Gasteiger partial charge on any atom is -0.258 e. The van der Waals surface area contributed by atoms with E-state index in [0.717, 1.165) is 0 Å². The van der Waals surface area contributed by atoms with Crippen molar-refractivity contribution >= 4 is 5.69 Å². The first kappa shape index (κ1) is 9.20. The highest BCUT2D eigenvalue weighted by atomic mass is 16.6. The molecule has 0 heterocycles. The fourth-order valence-electron chi connectivity index (χ4n) is 1.09. The molecule has 0 amide bonds. The first-order valence-corrected chi connectivity index (χ1v) is 3.79. The van der Waals surface area contributed by atoms with Gasteiger partial charge in [-0.05, 0) is 6.92 Å². The van der Waals surface area contributed by atoms with E-state index in [2.05, 4.69) is 0 Å². The van der Waals surface area contributed by atoms with Crippen LogP contribution in [0.3, 0.4) is 0 Å². The van der Waals surface area contributed by atoms with Crippen molar-refractivity contribution < 1.29 is 4.92 Å². The Morgan fingerprint density at radius 3 is 2.69 bits per heavy atom. The summed E-state index contributed by atoms with van der Waals surface area (Å²) in [6.45, 7) is 1.64. The van der Waals surface area contributed by atoms with Gasteiger partial charge in [-0.3, -0.25) is 10.1 Å². The summed E-state index contributed by atoms with van der Waals surface area (Å²) in [5.41, 5.74) is 0.478. The van der Waals surface area contributed by atoms with Crippen LogP contribution in [0.15, 0.2) is 24.3 Å². The summed E-state index contributed by atoms with van der Waals surface area (Å²) in [7, 11) is 0. The average Bonchev–Trinajstić information content (AvgIpc) is 2.16. The van der Waals surface area contributed by atoms with Crippen LogP contribution in [0.1, 0.15) is 18.4 Å². The fourth-order valence-corrected chi connectivity index (χ4v) is 1.09. The van der Waals surface area contributed by atoms with Gasteiger partial charge in [-0.2, -0.15) is 5.26 Å². The standard InChI is InChI=1S/C9H8N2O2/c1-7(6-10)8-4-2-3-5-9(8)11(12)13/h2-5,7H,1H3/t7-/m0/s1. The average molecular weight is 176 g/mol. The van der Waals surface area contributed by atoms with E-state index in [9.17, 15) is 10.1 Å². The summed E-state index contributed by atoms with van der Waals surface area (Å²) in [5.74, 6) is -0.443. The molecular formula is C9H8N2O2. The molecule has 0 aliphatic rings. The lowest BCUT2D eigenvalue weighted by Gasteiger charge is -2.02. The van der Waals surface area contributed by atoms with Crippen molar-refractivity contribution in [1.29, 1.82) is 5.26 Å². The van der Waals surface area contributed by atoms with Crippen molar-refractivity contribution in [3.8, 4) is 6.07 Å². The lowest BCUT2D eigenvalue weighted by atomic mass is 10.0. The predicted molar refractivity (Wildman–Crippen MR) is 47.1 cm³/mol. The SMILES string of the molecule is C[C@@H](C#N)c1ccccc1[N+](=O)[O-]. The quantitative estimate of drug-likeness (QED) is 0.512. The first-order valence-electron chi connectivity index (χ1n) is 3.79. The molecule has 1 aromatic carbocycles. The van der Waals surface area contributed by atoms with Crippen LogP contribution in [0, 0.1) is 21.4 Å². The van der Waals surface area contributed by atoms with Crippen LogP contribution in [-0.4, -0.2) is 4.92 Å². The molecule has 66 valence electrons. The van der Waals surface area contributed by atoms with Gasteiger partial charge in [-0.25, -0.2) is 0 Å². The van der Waals surface area contributed by atoms with Crippen LogP contribution >= 0.6 is 0 Å². The lowest BCUT2D eigenvalue weighted by molar-refractivity contribution is -0.385. The molecule has 0 radical (unpaired) electrons. The molecule has 1 atom stereocenters. The van der Waals surface area contributed by atoms with Gasteiger partial charge >= 0.3 is 0 Å². The van der Waals surface area contributed by atoms with Gasteiger partial charge in [0.25, 0.3) is 5.69 Å². The molecule has 0 bridgehead atoms. The largest absolute Gasteiger partial charge is 0.273 e. The zero-order valence-corrected chi connectivity index (χ0v) is 7.10. The molecule has 0 unspecified atom stereocenters. The smallest absolute Gasteiger partial charge is 0.258 e. The Kier molecular flexibility index (Phi) is 2.60. The monoisotopic (exact) mass is 176 g/mol. The third-order valence-electron chi connectivity index (χ3n) is 1.79.